The van der Waals surface area contributed by atoms with Crippen LogP contribution in [0.15, 0.2) is 46.9 Å². The Kier molecular flexibility index (Phi) is 12.0. The summed E-state index contributed by atoms with van der Waals surface area (Å²) < 4.78 is 30.1. The highest BCUT2D eigenvalue weighted by molar-refractivity contribution is 7.92. The number of carbonyl (C=O) groups is 2. The molecule has 1 aromatic heterocycles. The highest BCUT2D eigenvalue weighted by atomic mass is 32.2. The number of hydrogen-bond acceptors (Lipinski definition) is 8. The zero-order chi connectivity index (χ0) is 34.6. The van der Waals surface area contributed by atoms with Crippen molar-refractivity contribution >= 4 is 21.7 Å². The number of aliphatic hydroxyl groups excluding tert-OH is 1. The molecule has 47 heavy (non-hydrogen) atoms. The first-order valence-corrected chi connectivity index (χ1v) is 18.9. The quantitative estimate of drug-likeness (QED) is 0.252. The number of aryl methyl sites for hydroxylation is 1. The molecule has 2 heterocycles. The number of β-amino-alcohol motifs (C(OH)–C–C–N with tert-alkyl or cyclic N) is 1. The van der Waals surface area contributed by atoms with E-state index in [0.717, 1.165) is 31.1 Å². The first-order valence-electron chi connectivity index (χ1n) is 17.0. The molecule has 2 aliphatic rings. The van der Waals surface area contributed by atoms with Crippen LogP contribution in [0, 0.1) is 18.8 Å². The molecule has 6 atom stereocenters. The highest BCUT2D eigenvalue weighted by Crippen LogP contribution is 2.39. The van der Waals surface area contributed by atoms with Gasteiger partial charge in [-0.3, -0.25) is 19.8 Å². The fourth-order valence-electron chi connectivity index (χ4n) is 7.06. The van der Waals surface area contributed by atoms with E-state index >= 15 is 0 Å². The monoisotopic (exact) mass is 672 g/mol. The maximum absolute atomic E-state index is 14.1. The molecule has 2 amide bonds. The van der Waals surface area contributed by atoms with Crippen molar-refractivity contribution in [3.63, 3.8) is 0 Å². The largest absolute Gasteiger partial charge is 0.465 e. The maximum Gasteiger partial charge on any atom is 0.239 e. The molecule has 10 nitrogen and oxygen atoms in total. The molecule has 1 saturated heterocycles. The van der Waals surface area contributed by atoms with E-state index in [1.807, 2.05) is 64.1 Å². The molecule has 4 rings (SSSR count). The molecule has 1 aromatic carbocycles. The van der Waals surface area contributed by atoms with Crippen LogP contribution in [-0.2, 0) is 32.4 Å². The summed E-state index contributed by atoms with van der Waals surface area (Å²) in [6.07, 6.45) is 5.75. The molecule has 0 unspecified atom stereocenters. The van der Waals surface area contributed by atoms with E-state index in [1.54, 1.807) is 6.07 Å². The van der Waals surface area contributed by atoms with Crippen LogP contribution in [-0.4, -0.2) is 84.1 Å². The van der Waals surface area contributed by atoms with Crippen molar-refractivity contribution in [3.8, 4) is 0 Å². The topological polar surface area (TPSA) is 141 Å². The number of aliphatic hydroxyl groups is 1. The van der Waals surface area contributed by atoms with Crippen LogP contribution >= 0.6 is 0 Å². The van der Waals surface area contributed by atoms with Gasteiger partial charge in [-0.1, -0.05) is 49.6 Å². The molecule has 1 aliphatic heterocycles. The van der Waals surface area contributed by atoms with Gasteiger partial charge >= 0.3 is 0 Å². The van der Waals surface area contributed by atoms with Crippen LogP contribution in [0.1, 0.15) is 83.8 Å². The number of hydrogen-bond donors (Lipinski definition) is 4. The lowest BCUT2D eigenvalue weighted by molar-refractivity contribution is -0.133. The number of nitrogens with zero attached hydrogens (tertiary/aromatic N) is 1. The van der Waals surface area contributed by atoms with Crippen molar-refractivity contribution in [3.05, 3.63) is 59.5 Å². The Balaban J connectivity index is 1.60. The second kappa shape index (κ2) is 15.2. The number of likely N-dealkylation sites (tertiary alicyclic amines) is 1. The fraction of sp³-hybridized carbons (Fsp3) is 0.667. The van der Waals surface area contributed by atoms with Gasteiger partial charge in [0.2, 0.25) is 11.8 Å². The zero-order valence-electron chi connectivity index (χ0n) is 29.2. The summed E-state index contributed by atoms with van der Waals surface area (Å²) in [7, 11) is -3.70. The molecule has 4 N–H and O–H groups in total. The average Bonchev–Trinajstić information content (AvgIpc) is 3.40. The van der Waals surface area contributed by atoms with Gasteiger partial charge in [0.1, 0.15) is 17.6 Å². The van der Waals surface area contributed by atoms with E-state index in [4.69, 9.17) is 4.42 Å². The van der Waals surface area contributed by atoms with E-state index in [1.165, 1.54) is 26.7 Å². The van der Waals surface area contributed by atoms with Gasteiger partial charge in [0.05, 0.1) is 29.5 Å². The van der Waals surface area contributed by atoms with Crippen LogP contribution in [0.3, 0.4) is 0 Å². The molecule has 2 fully saturated rings. The normalized spacial score (nSPS) is 22.9. The van der Waals surface area contributed by atoms with Crippen molar-refractivity contribution in [2.24, 2.45) is 11.8 Å². The minimum absolute atomic E-state index is 0.0373. The first-order chi connectivity index (χ1) is 21.9. The maximum atomic E-state index is 14.1. The van der Waals surface area contributed by atoms with Crippen molar-refractivity contribution in [1.29, 1.82) is 0 Å². The van der Waals surface area contributed by atoms with Gasteiger partial charge in [-0.2, -0.15) is 0 Å². The zero-order valence-corrected chi connectivity index (χ0v) is 30.0. The van der Waals surface area contributed by atoms with E-state index in [9.17, 15) is 23.1 Å². The fourth-order valence-corrected chi connectivity index (χ4v) is 7.68. The number of furan rings is 1. The Morgan fingerprint density at radius 2 is 1.68 bits per heavy atom. The summed E-state index contributed by atoms with van der Waals surface area (Å²) in [5.41, 5.74) is 0.528. The summed E-state index contributed by atoms with van der Waals surface area (Å²) in [6.45, 7) is 11.8. The molecule has 0 bridgehead atoms. The Labute approximate surface area is 281 Å². The van der Waals surface area contributed by atoms with Gasteiger partial charge in [-0.25, -0.2) is 8.42 Å². The summed E-state index contributed by atoms with van der Waals surface area (Å²) in [4.78, 5) is 29.9. The number of fused-ring (bicyclic) bond motifs is 1. The number of sulfone groups is 1. The third kappa shape index (κ3) is 9.90. The predicted octanol–water partition coefficient (Wildman–Crippen LogP) is 3.75. The SMILES string of the molecule is Cc1ccc(CN[C@H](C(=O)N[C@@H](Cc2ccccc2)[C@H](O)CN2C[C@H]3CCCC[C@H]3C[C@H]2C(=O)NC(C)(C)C)C(C)(C)S(C)(=O)=O)o1. The predicted molar refractivity (Wildman–Crippen MR) is 184 cm³/mol. The second-order valence-electron chi connectivity index (χ2n) is 15.3. The van der Waals surface area contributed by atoms with E-state index in [2.05, 4.69) is 20.9 Å². The number of piperidine rings is 1. The Morgan fingerprint density at radius 3 is 2.28 bits per heavy atom. The van der Waals surface area contributed by atoms with Crippen molar-refractivity contribution < 1.29 is 27.5 Å². The number of nitrogens with one attached hydrogen (secondary N) is 3. The number of benzene rings is 1. The minimum atomic E-state index is -3.70. The summed E-state index contributed by atoms with van der Waals surface area (Å²) in [5.74, 6) is 1.67. The van der Waals surface area contributed by atoms with Crippen LogP contribution in [0.25, 0.3) is 0 Å². The summed E-state index contributed by atoms with van der Waals surface area (Å²) >= 11 is 0. The van der Waals surface area contributed by atoms with Crippen LogP contribution < -0.4 is 16.0 Å². The van der Waals surface area contributed by atoms with Gasteiger partial charge < -0.3 is 20.2 Å². The van der Waals surface area contributed by atoms with E-state index in [0.29, 0.717) is 36.3 Å². The summed E-state index contributed by atoms with van der Waals surface area (Å²) in [6, 6.07) is 10.9. The second-order valence-corrected chi connectivity index (χ2v) is 17.9. The van der Waals surface area contributed by atoms with E-state index < -0.39 is 44.2 Å². The number of rotatable bonds is 13. The Hall–Kier alpha value is -2.73. The van der Waals surface area contributed by atoms with Gasteiger partial charge in [-0.05, 0) is 90.3 Å². The molecular formula is C36H56N4O6S. The molecular weight excluding hydrogens is 616 g/mol. The minimum Gasteiger partial charge on any atom is -0.465 e. The standard InChI is InChI=1S/C36H56N4O6S/c1-24-17-18-28(46-24)21-37-32(36(5,6)47(7,44)45)34(43)38-29(19-25-13-9-8-10-14-25)31(41)23-40-22-27-16-12-11-15-26(27)20-30(40)33(42)39-35(2,3)4/h8-10,13-14,17-18,26-27,29-32,37,41H,11-12,15-16,19-23H2,1-7H3,(H,38,43)(H,39,42)/t26-,27+,29-,30-,31+,32+/m0/s1. The lowest BCUT2D eigenvalue weighted by Gasteiger charge is -2.47. The lowest BCUT2D eigenvalue weighted by Crippen LogP contribution is -2.63. The molecule has 0 spiro atoms. The van der Waals surface area contributed by atoms with Crippen LogP contribution in [0.5, 0.6) is 0 Å². The molecule has 262 valence electrons. The van der Waals surface area contributed by atoms with Gasteiger partial charge in [0, 0.05) is 24.9 Å². The number of carbonyl (C=O) groups excluding carboxylic acids is 2. The molecule has 11 heteroatoms. The molecule has 1 aliphatic carbocycles. The molecule has 2 aromatic rings. The average molecular weight is 673 g/mol. The van der Waals surface area contributed by atoms with Crippen molar-refractivity contribution in [2.45, 2.75) is 121 Å². The van der Waals surface area contributed by atoms with Crippen molar-refractivity contribution in [2.75, 3.05) is 19.3 Å². The third-order valence-electron chi connectivity index (χ3n) is 10.0. The number of amides is 2. The van der Waals surface area contributed by atoms with Crippen molar-refractivity contribution in [1.82, 2.24) is 20.9 Å². The first kappa shape index (κ1) is 37.1. The molecule has 1 saturated carbocycles. The van der Waals surface area contributed by atoms with Crippen LogP contribution in [0.2, 0.25) is 0 Å². The lowest BCUT2D eigenvalue weighted by atomic mass is 9.72. The van der Waals surface area contributed by atoms with Gasteiger partial charge in [-0.15, -0.1) is 0 Å². The van der Waals surface area contributed by atoms with E-state index in [-0.39, 0.29) is 25.0 Å². The summed E-state index contributed by atoms with van der Waals surface area (Å²) in [5, 5.41) is 21.2. The Morgan fingerprint density at radius 1 is 1.02 bits per heavy atom. The van der Waals surface area contributed by atoms with Gasteiger partial charge in [0.25, 0.3) is 0 Å². The Bertz CT molecular complexity index is 1450. The third-order valence-corrected chi connectivity index (χ3v) is 12.2. The smallest absolute Gasteiger partial charge is 0.239 e. The molecule has 0 radical (unpaired) electrons. The van der Waals surface area contributed by atoms with Crippen LogP contribution in [0.4, 0.5) is 0 Å². The highest BCUT2D eigenvalue weighted by Gasteiger charge is 2.45. The van der Waals surface area contributed by atoms with Gasteiger partial charge in [0.15, 0.2) is 9.84 Å².